The van der Waals surface area contributed by atoms with E-state index in [1.807, 2.05) is 0 Å². The second-order valence-electron chi connectivity index (χ2n) is 6.43. The Bertz CT molecular complexity index is 442. The predicted octanol–water partition coefficient (Wildman–Crippen LogP) is 3.81. The minimum Gasteiger partial charge on any atom is -0.466 e. The maximum Gasteiger partial charge on any atom is 0.305 e. The fourth-order valence-corrected chi connectivity index (χ4v) is 5.28. The molecule has 0 aromatic heterocycles. The number of ether oxygens (including phenoxy) is 1. The Hall–Kier alpha value is -1.29. The molecule has 4 heteroatoms. The lowest BCUT2D eigenvalue weighted by Gasteiger charge is -2.43. The van der Waals surface area contributed by atoms with Gasteiger partial charge in [-0.25, -0.2) is 0 Å². The summed E-state index contributed by atoms with van der Waals surface area (Å²) >= 11 is 0. The number of para-hydroxylation sites is 1. The van der Waals surface area contributed by atoms with E-state index in [4.69, 9.17) is 4.74 Å². The van der Waals surface area contributed by atoms with Crippen molar-refractivity contribution in [3.05, 3.63) is 30.3 Å². The highest BCUT2D eigenvalue weighted by Gasteiger charge is 2.31. The van der Waals surface area contributed by atoms with E-state index in [0.29, 0.717) is 19.1 Å². The van der Waals surface area contributed by atoms with Gasteiger partial charge in [-0.2, -0.15) is 0 Å². The highest BCUT2D eigenvalue weighted by atomic mass is 28.3. The van der Waals surface area contributed by atoms with Gasteiger partial charge in [0.2, 0.25) is 0 Å². The van der Waals surface area contributed by atoms with Crippen LogP contribution in [0.5, 0.6) is 0 Å². The second kappa shape index (κ2) is 6.44. The van der Waals surface area contributed by atoms with Crippen LogP contribution in [0.3, 0.4) is 0 Å². The van der Waals surface area contributed by atoms with E-state index in [0.717, 1.165) is 19.3 Å². The molecule has 0 bridgehead atoms. The monoisotopic (exact) mass is 291 g/mol. The van der Waals surface area contributed by atoms with Gasteiger partial charge in [0.15, 0.2) is 0 Å². The van der Waals surface area contributed by atoms with Crippen LogP contribution in [0.1, 0.15) is 25.7 Å². The summed E-state index contributed by atoms with van der Waals surface area (Å²) in [5.74, 6) is -0.0433. The molecule has 110 valence electrons. The summed E-state index contributed by atoms with van der Waals surface area (Å²) in [5.41, 5.74) is 1.30. The van der Waals surface area contributed by atoms with Crippen molar-refractivity contribution in [2.75, 3.05) is 11.2 Å². The molecule has 1 unspecified atom stereocenters. The molecule has 0 amide bonds. The zero-order valence-corrected chi connectivity index (χ0v) is 13.8. The van der Waals surface area contributed by atoms with E-state index in [1.165, 1.54) is 5.69 Å². The maximum atomic E-state index is 11.6. The van der Waals surface area contributed by atoms with Gasteiger partial charge >= 0.3 is 5.97 Å². The van der Waals surface area contributed by atoms with Gasteiger partial charge in [0.25, 0.3) is 0 Å². The Morgan fingerprint density at radius 1 is 1.15 bits per heavy atom. The van der Waals surface area contributed by atoms with Gasteiger partial charge in [-0.1, -0.05) is 37.8 Å². The summed E-state index contributed by atoms with van der Waals surface area (Å²) in [5, 5.41) is 0. The lowest BCUT2D eigenvalue weighted by molar-refractivity contribution is -0.144. The highest BCUT2D eigenvalue weighted by molar-refractivity contribution is 6.79. The van der Waals surface area contributed by atoms with Gasteiger partial charge in [-0.15, -0.1) is 0 Å². The molecule has 1 saturated heterocycles. The highest BCUT2D eigenvalue weighted by Crippen LogP contribution is 2.29. The van der Waals surface area contributed by atoms with Crippen LogP contribution in [0, 0.1) is 0 Å². The minimum atomic E-state index is -1.49. The maximum absolute atomic E-state index is 11.6. The summed E-state index contributed by atoms with van der Waals surface area (Å²) < 4.78 is 7.76. The molecule has 1 aliphatic rings. The molecule has 0 spiro atoms. The molecule has 0 N–H and O–H groups in total. The van der Waals surface area contributed by atoms with E-state index in [1.54, 1.807) is 0 Å². The summed E-state index contributed by atoms with van der Waals surface area (Å²) in [6, 6.07) is 11.1. The summed E-state index contributed by atoms with van der Waals surface area (Å²) in [7, 11) is -1.49. The molecular formula is C16H25NO2Si. The van der Waals surface area contributed by atoms with Crippen molar-refractivity contribution in [3.8, 4) is 0 Å². The first-order valence-electron chi connectivity index (χ1n) is 7.48. The quantitative estimate of drug-likeness (QED) is 0.626. The van der Waals surface area contributed by atoms with Gasteiger partial charge in [0, 0.05) is 18.2 Å². The van der Waals surface area contributed by atoms with Crippen molar-refractivity contribution >= 4 is 19.9 Å². The summed E-state index contributed by atoms with van der Waals surface area (Å²) in [6.07, 6.45) is 3.51. The van der Waals surface area contributed by atoms with Crippen LogP contribution in [0.15, 0.2) is 30.3 Å². The third-order valence-corrected chi connectivity index (χ3v) is 5.82. The number of esters is 1. The number of hydrogen-bond acceptors (Lipinski definition) is 3. The Labute approximate surface area is 123 Å². The zero-order chi connectivity index (χ0) is 14.6. The standard InChI is InChI=1S/C16H25NO2Si/c1-20(2,3)17(14-8-5-4-6-9-14)15-10-7-13-19-16(18)12-11-15/h4-6,8-9,15H,7,10-13H2,1-3H3. The number of hydrogen-bond donors (Lipinski definition) is 0. The van der Waals surface area contributed by atoms with Crippen molar-refractivity contribution in [1.82, 2.24) is 0 Å². The van der Waals surface area contributed by atoms with Crippen LogP contribution in [0.4, 0.5) is 5.69 Å². The van der Waals surface area contributed by atoms with Gasteiger partial charge in [0.1, 0.15) is 8.24 Å². The van der Waals surface area contributed by atoms with Gasteiger partial charge in [-0.3, -0.25) is 4.79 Å². The first-order chi connectivity index (χ1) is 9.48. The van der Waals surface area contributed by atoms with Crippen molar-refractivity contribution < 1.29 is 9.53 Å². The molecule has 2 rings (SSSR count). The Balaban J connectivity index is 2.24. The third-order valence-electron chi connectivity index (χ3n) is 3.75. The number of nitrogens with zero attached hydrogens (tertiary/aromatic N) is 1. The van der Waals surface area contributed by atoms with Crippen LogP contribution in [-0.4, -0.2) is 26.9 Å². The Morgan fingerprint density at radius 2 is 1.85 bits per heavy atom. The molecule has 1 aliphatic heterocycles. The molecular weight excluding hydrogens is 266 g/mol. The number of cyclic esters (lactones) is 1. The van der Waals surface area contributed by atoms with Crippen molar-refractivity contribution in [3.63, 3.8) is 0 Å². The zero-order valence-electron chi connectivity index (χ0n) is 12.8. The first kappa shape index (κ1) is 15.1. The first-order valence-corrected chi connectivity index (χ1v) is 10.9. The molecule has 1 aromatic carbocycles. The lowest BCUT2D eigenvalue weighted by Crippen LogP contribution is -2.53. The SMILES string of the molecule is C[Si](C)(C)N(c1ccccc1)C1CCCOC(=O)CC1. The summed E-state index contributed by atoms with van der Waals surface area (Å²) in [4.78, 5) is 11.6. The fraction of sp³-hybridized carbons (Fsp3) is 0.562. The molecule has 1 heterocycles. The normalized spacial score (nSPS) is 20.8. The average Bonchev–Trinajstić information content (AvgIpc) is 2.37. The molecule has 1 atom stereocenters. The minimum absolute atomic E-state index is 0.0433. The third kappa shape index (κ3) is 3.85. The van der Waals surface area contributed by atoms with E-state index >= 15 is 0 Å². The summed E-state index contributed by atoms with van der Waals surface area (Å²) in [6.45, 7) is 7.69. The van der Waals surface area contributed by atoms with Crippen LogP contribution in [0.25, 0.3) is 0 Å². The molecule has 0 radical (unpaired) electrons. The van der Waals surface area contributed by atoms with Crippen LogP contribution >= 0.6 is 0 Å². The average molecular weight is 291 g/mol. The number of rotatable bonds is 3. The van der Waals surface area contributed by atoms with Crippen LogP contribution in [-0.2, 0) is 9.53 Å². The van der Waals surface area contributed by atoms with Crippen molar-refractivity contribution in [2.45, 2.75) is 51.4 Å². The topological polar surface area (TPSA) is 29.5 Å². The number of anilines is 1. The Morgan fingerprint density at radius 3 is 2.50 bits per heavy atom. The lowest BCUT2D eigenvalue weighted by atomic mass is 10.0. The number of benzene rings is 1. The Kier molecular flexibility index (Phi) is 4.86. The molecule has 20 heavy (non-hydrogen) atoms. The van der Waals surface area contributed by atoms with Gasteiger partial charge < -0.3 is 9.30 Å². The molecule has 0 aliphatic carbocycles. The van der Waals surface area contributed by atoms with E-state index < -0.39 is 8.24 Å². The second-order valence-corrected chi connectivity index (χ2v) is 11.3. The smallest absolute Gasteiger partial charge is 0.305 e. The van der Waals surface area contributed by atoms with E-state index in [-0.39, 0.29) is 5.97 Å². The molecule has 1 fully saturated rings. The van der Waals surface area contributed by atoms with Gasteiger partial charge in [-0.05, 0) is 31.4 Å². The largest absolute Gasteiger partial charge is 0.466 e. The van der Waals surface area contributed by atoms with E-state index in [9.17, 15) is 4.79 Å². The predicted molar refractivity (Wildman–Crippen MR) is 85.5 cm³/mol. The molecule has 0 saturated carbocycles. The number of carbonyl (C=O) groups excluding carboxylic acids is 1. The molecule has 1 aromatic rings. The van der Waals surface area contributed by atoms with Crippen LogP contribution < -0.4 is 4.57 Å². The van der Waals surface area contributed by atoms with Gasteiger partial charge in [0.05, 0.1) is 6.61 Å². The molecule has 3 nitrogen and oxygen atoms in total. The fourth-order valence-electron chi connectivity index (χ4n) is 3.00. The van der Waals surface area contributed by atoms with Crippen molar-refractivity contribution in [2.24, 2.45) is 0 Å². The van der Waals surface area contributed by atoms with Crippen molar-refractivity contribution in [1.29, 1.82) is 0 Å². The van der Waals surface area contributed by atoms with Crippen LogP contribution in [0.2, 0.25) is 19.6 Å². The number of carbonyl (C=O) groups is 1. The van der Waals surface area contributed by atoms with E-state index in [2.05, 4.69) is 54.5 Å².